The Morgan fingerprint density at radius 2 is 2.11 bits per heavy atom. The van der Waals surface area contributed by atoms with Crippen molar-refractivity contribution in [2.45, 2.75) is 20.8 Å². The SMILES string of the molecule is CNc1ccc(C(=O)NCCOCC(C)C)c(C)c1. The minimum atomic E-state index is -0.0479. The Kier molecular flexibility index (Phi) is 6.36. The van der Waals surface area contributed by atoms with Crippen LogP contribution < -0.4 is 10.6 Å². The number of hydrogen-bond acceptors (Lipinski definition) is 3. The molecule has 0 radical (unpaired) electrons. The second kappa shape index (κ2) is 7.79. The Morgan fingerprint density at radius 3 is 2.68 bits per heavy atom. The Morgan fingerprint density at radius 1 is 1.37 bits per heavy atom. The minimum Gasteiger partial charge on any atom is -0.388 e. The molecule has 1 rings (SSSR count). The van der Waals surface area contributed by atoms with Crippen LogP contribution in [0.15, 0.2) is 18.2 Å². The van der Waals surface area contributed by atoms with E-state index in [1.807, 2.05) is 32.2 Å². The molecule has 0 aromatic heterocycles. The topological polar surface area (TPSA) is 50.4 Å². The normalized spacial score (nSPS) is 10.6. The maximum absolute atomic E-state index is 12.0. The fourth-order valence-electron chi connectivity index (χ4n) is 1.72. The standard InChI is InChI=1S/C15H24N2O2/c1-11(2)10-19-8-7-17-15(18)14-6-5-13(16-4)9-12(14)3/h5-6,9,11,16H,7-8,10H2,1-4H3,(H,17,18). The predicted octanol–water partition coefficient (Wildman–Crippen LogP) is 2.44. The van der Waals surface area contributed by atoms with Crippen molar-refractivity contribution in [2.24, 2.45) is 5.92 Å². The molecule has 0 heterocycles. The molecule has 0 atom stereocenters. The van der Waals surface area contributed by atoms with Gasteiger partial charge in [0.25, 0.3) is 5.91 Å². The highest BCUT2D eigenvalue weighted by atomic mass is 16.5. The number of aryl methyl sites for hydroxylation is 1. The van der Waals surface area contributed by atoms with Crippen LogP contribution in [0.2, 0.25) is 0 Å². The first-order valence-corrected chi connectivity index (χ1v) is 6.69. The van der Waals surface area contributed by atoms with E-state index in [1.54, 1.807) is 0 Å². The van der Waals surface area contributed by atoms with E-state index < -0.39 is 0 Å². The molecular formula is C15H24N2O2. The van der Waals surface area contributed by atoms with Crippen molar-refractivity contribution in [1.29, 1.82) is 0 Å². The van der Waals surface area contributed by atoms with Gasteiger partial charge >= 0.3 is 0 Å². The summed E-state index contributed by atoms with van der Waals surface area (Å²) < 4.78 is 5.42. The highest BCUT2D eigenvalue weighted by Crippen LogP contribution is 2.14. The van der Waals surface area contributed by atoms with Crippen LogP contribution in [0.3, 0.4) is 0 Å². The van der Waals surface area contributed by atoms with Crippen molar-refractivity contribution in [3.05, 3.63) is 29.3 Å². The average molecular weight is 264 g/mol. The number of nitrogens with one attached hydrogen (secondary N) is 2. The number of rotatable bonds is 7. The summed E-state index contributed by atoms with van der Waals surface area (Å²) in [5, 5.41) is 5.92. The Labute approximate surface area is 115 Å². The highest BCUT2D eigenvalue weighted by Gasteiger charge is 2.08. The van der Waals surface area contributed by atoms with E-state index in [0.717, 1.165) is 17.9 Å². The van der Waals surface area contributed by atoms with Gasteiger partial charge in [0.05, 0.1) is 6.61 Å². The summed E-state index contributed by atoms with van der Waals surface area (Å²) in [5.41, 5.74) is 2.68. The van der Waals surface area contributed by atoms with Crippen LogP contribution in [0.25, 0.3) is 0 Å². The third-order valence-electron chi connectivity index (χ3n) is 2.74. The van der Waals surface area contributed by atoms with Gasteiger partial charge < -0.3 is 15.4 Å². The van der Waals surface area contributed by atoms with Gasteiger partial charge in [-0.2, -0.15) is 0 Å². The zero-order valence-electron chi connectivity index (χ0n) is 12.2. The molecule has 0 bridgehead atoms. The van der Waals surface area contributed by atoms with Crippen LogP contribution in [0, 0.1) is 12.8 Å². The first-order chi connectivity index (χ1) is 9.04. The van der Waals surface area contributed by atoms with Gasteiger partial charge in [-0.3, -0.25) is 4.79 Å². The third-order valence-corrected chi connectivity index (χ3v) is 2.74. The Bertz CT molecular complexity index is 417. The second-order valence-corrected chi connectivity index (χ2v) is 5.00. The highest BCUT2D eigenvalue weighted by molar-refractivity contribution is 5.96. The molecule has 1 aromatic rings. The zero-order valence-corrected chi connectivity index (χ0v) is 12.2. The molecule has 4 heteroatoms. The van der Waals surface area contributed by atoms with Crippen LogP contribution >= 0.6 is 0 Å². The monoisotopic (exact) mass is 264 g/mol. The van der Waals surface area contributed by atoms with Crippen molar-refractivity contribution in [3.8, 4) is 0 Å². The molecule has 0 aliphatic heterocycles. The molecule has 0 unspecified atom stereocenters. The van der Waals surface area contributed by atoms with Crippen molar-refractivity contribution >= 4 is 11.6 Å². The fraction of sp³-hybridized carbons (Fsp3) is 0.533. The van der Waals surface area contributed by atoms with Crippen molar-refractivity contribution < 1.29 is 9.53 Å². The van der Waals surface area contributed by atoms with E-state index in [0.29, 0.717) is 24.6 Å². The second-order valence-electron chi connectivity index (χ2n) is 5.00. The summed E-state index contributed by atoms with van der Waals surface area (Å²) in [6.07, 6.45) is 0. The van der Waals surface area contributed by atoms with E-state index in [-0.39, 0.29) is 5.91 Å². The number of amides is 1. The van der Waals surface area contributed by atoms with Gasteiger partial charge in [-0.15, -0.1) is 0 Å². The van der Waals surface area contributed by atoms with E-state index in [4.69, 9.17) is 4.74 Å². The smallest absolute Gasteiger partial charge is 0.251 e. The molecule has 0 fully saturated rings. The number of benzene rings is 1. The van der Waals surface area contributed by atoms with Gasteiger partial charge in [0.1, 0.15) is 0 Å². The number of anilines is 1. The largest absolute Gasteiger partial charge is 0.388 e. The van der Waals surface area contributed by atoms with Crippen LogP contribution in [-0.2, 0) is 4.74 Å². The molecule has 0 saturated heterocycles. The van der Waals surface area contributed by atoms with Gasteiger partial charge in [0.15, 0.2) is 0 Å². The molecule has 4 nitrogen and oxygen atoms in total. The lowest BCUT2D eigenvalue weighted by atomic mass is 10.1. The Hall–Kier alpha value is -1.55. The van der Waals surface area contributed by atoms with Crippen molar-refractivity contribution in [2.75, 3.05) is 32.1 Å². The maximum Gasteiger partial charge on any atom is 0.251 e. The first kappa shape index (κ1) is 15.5. The predicted molar refractivity (Wildman–Crippen MR) is 78.7 cm³/mol. The lowest BCUT2D eigenvalue weighted by Gasteiger charge is -2.10. The summed E-state index contributed by atoms with van der Waals surface area (Å²) in [7, 11) is 1.86. The molecule has 106 valence electrons. The summed E-state index contributed by atoms with van der Waals surface area (Å²) in [4.78, 5) is 12.0. The van der Waals surface area contributed by atoms with Crippen LogP contribution in [-0.4, -0.2) is 32.7 Å². The van der Waals surface area contributed by atoms with E-state index in [2.05, 4.69) is 24.5 Å². The molecule has 19 heavy (non-hydrogen) atoms. The van der Waals surface area contributed by atoms with Gasteiger partial charge in [-0.1, -0.05) is 13.8 Å². The zero-order chi connectivity index (χ0) is 14.3. The van der Waals surface area contributed by atoms with Crippen molar-refractivity contribution in [1.82, 2.24) is 5.32 Å². The molecule has 0 aliphatic rings. The number of carbonyl (C=O) groups is 1. The van der Waals surface area contributed by atoms with E-state index in [9.17, 15) is 4.79 Å². The fourth-order valence-corrected chi connectivity index (χ4v) is 1.72. The molecule has 0 spiro atoms. The molecular weight excluding hydrogens is 240 g/mol. The molecule has 2 N–H and O–H groups in total. The number of ether oxygens (including phenoxy) is 1. The van der Waals surface area contributed by atoms with Crippen LogP contribution in [0.5, 0.6) is 0 Å². The van der Waals surface area contributed by atoms with E-state index >= 15 is 0 Å². The molecule has 1 amide bonds. The average Bonchev–Trinajstić information content (AvgIpc) is 2.37. The quantitative estimate of drug-likeness (QED) is 0.744. The van der Waals surface area contributed by atoms with Crippen LogP contribution in [0.4, 0.5) is 5.69 Å². The van der Waals surface area contributed by atoms with E-state index in [1.165, 1.54) is 0 Å². The molecule has 0 saturated carbocycles. The summed E-state index contributed by atoms with van der Waals surface area (Å²) in [6, 6.07) is 5.70. The lowest BCUT2D eigenvalue weighted by molar-refractivity contribution is 0.0886. The van der Waals surface area contributed by atoms with Gasteiger partial charge in [-0.05, 0) is 36.6 Å². The third kappa shape index (κ3) is 5.30. The van der Waals surface area contributed by atoms with Gasteiger partial charge in [-0.25, -0.2) is 0 Å². The lowest BCUT2D eigenvalue weighted by Crippen LogP contribution is -2.28. The van der Waals surface area contributed by atoms with Crippen LogP contribution in [0.1, 0.15) is 29.8 Å². The molecule has 1 aromatic carbocycles. The maximum atomic E-state index is 12.0. The van der Waals surface area contributed by atoms with Crippen molar-refractivity contribution in [3.63, 3.8) is 0 Å². The number of carbonyl (C=O) groups excluding carboxylic acids is 1. The summed E-state index contributed by atoms with van der Waals surface area (Å²) in [5.74, 6) is 0.473. The molecule has 0 aliphatic carbocycles. The Balaban J connectivity index is 2.41. The minimum absolute atomic E-state index is 0.0479. The summed E-state index contributed by atoms with van der Waals surface area (Å²) >= 11 is 0. The summed E-state index contributed by atoms with van der Waals surface area (Å²) in [6.45, 7) is 7.96. The first-order valence-electron chi connectivity index (χ1n) is 6.69. The van der Waals surface area contributed by atoms with Gasteiger partial charge in [0, 0.05) is 31.5 Å². The number of hydrogen-bond donors (Lipinski definition) is 2. The van der Waals surface area contributed by atoms with Gasteiger partial charge in [0.2, 0.25) is 0 Å².